The second-order valence-electron chi connectivity index (χ2n) is 2.49. The molecule has 60 valence electrons. The summed E-state index contributed by atoms with van der Waals surface area (Å²) < 4.78 is 5.35. The first-order chi connectivity index (χ1) is 4.81. The Morgan fingerprint density at radius 2 is 2.10 bits per heavy atom. The van der Waals surface area contributed by atoms with Gasteiger partial charge in [0.25, 0.3) is 0 Å². The number of unbranched alkanes of at least 4 members (excludes halogenated alkanes) is 2. The van der Waals surface area contributed by atoms with Gasteiger partial charge in [-0.05, 0) is 0 Å². The summed E-state index contributed by atoms with van der Waals surface area (Å²) in [6.45, 7) is 5.09. The minimum atomic E-state index is 0. The molecule has 0 aliphatic carbocycles. The van der Waals surface area contributed by atoms with Crippen LogP contribution in [-0.4, -0.2) is 27.9 Å². The molecule has 0 fully saturated rings. The first-order valence-corrected chi connectivity index (χ1v) is 4.85. The molecule has 0 aromatic rings. The molecule has 0 radical (unpaired) electrons. The van der Waals surface area contributed by atoms with Gasteiger partial charge in [-0.25, -0.2) is 0 Å². The summed E-state index contributed by atoms with van der Waals surface area (Å²) in [7, 11) is 0. The summed E-state index contributed by atoms with van der Waals surface area (Å²) in [6, 6.07) is 0. The third kappa shape index (κ3) is 6.61. The van der Waals surface area contributed by atoms with Crippen LogP contribution in [0.4, 0.5) is 0 Å². The zero-order valence-electron chi connectivity index (χ0n) is 9.10. The zero-order valence-corrected chi connectivity index (χ0v) is 8.25. The van der Waals surface area contributed by atoms with E-state index in [-0.39, 0.29) is 2.85 Å². The third-order valence-corrected chi connectivity index (χ3v) is 2.00. The summed E-state index contributed by atoms with van der Waals surface area (Å²) in [5.74, 6) is 0. The van der Waals surface area contributed by atoms with Crippen molar-refractivity contribution in [1.82, 2.24) is 0 Å². The van der Waals surface area contributed by atoms with Gasteiger partial charge in [-0.2, -0.15) is 0 Å². The summed E-state index contributed by atoms with van der Waals surface area (Å²) in [5.41, 5.74) is 0. The topological polar surface area (TPSA) is 9.23 Å². The van der Waals surface area contributed by atoms with E-state index in [0.29, 0.717) is 4.97 Å². The van der Waals surface area contributed by atoms with Gasteiger partial charge in [-0.3, -0.25) is 0 Å². The van der Waals surface area contributed by atoms with E-state index in [2.05, 4.69) is 23.2 Å². The van der Waals surface area contributed by atoms with E-state index in [1.807, 2.05) is 6.92 Å². The van der Waals surface area contributed by atoms with Crippen LogP contribution in [0, 0.1) is 0 Å². The van der Waals surface area contributed by atoms with E-state index >= 15 is 0 Å². The first kappa shape index (κ1) is 10.5. The Bertz CT molecular complexity index is 74.1. The van der Waals surface area contributed by atoms with Crippen molar-refractivity contribution in [2.75, 3.05) is 6.61 Å². The van der Waals surface area contributed by atoms with Crippen molar-refractivity contribution in [2.24, 2.45) is 0 Å². The Labute approximate surface area is 75.5 Å². The maximum Gasteiger partial charge on any atom is -1.00 e. The molecular weight excluding hydrogens is 139 g/mol. The summed E-state index contributed by atoms with van der Waals surface area (Å²) in [6.07, 6.45) is 5.11. The molecule has 0 rings (SSSR count). The molecular formula is C8H19AlO. The molecule has 0 N–H and O–H groups in total. The van der Waals surface area contributed by atoms with Crippen molar-refractivity contribution in [1.29, 1.82) is 0 Å². The fourth-order valence-corrected chi connectivity index (χ4v) is 1.32. The molecule has 0 heterocycles. The number of rotatable bonds is 6. The van der Waals surface area contributed by atoms with Crippen molar-refractivity contribution in [3.8, 4) is 0 Å². The third-order valence-electron chi connectivity index (χ3n) is 1.47. The van der Waals surface area contributed by atoms with Gasteiger partial charge in [0.1, 0.15) is 0 Å². The van der Waals surface area contributed by atoms with Crippen molar-refractivity contribution >= 4 is 16.3 Å². The molecule has 0 saturated carbocycles. The van der Waals surface area contributed by atoms with E-state index in [1.165, 1.54) is 25.7 Å². The first-order valence-electron chi connectivity index (χ1n) is 4.18. The van der Waals surface area contributed by atoms with Gasteiger partial charge >= 0.3 is 72.1 Å². The van der Waals surface area contributed by atoms with E-state index < -0.39 is 0 Å². The Hall–Kier alpha value is 0.492. The van der Waals surface area contributed by atoms with Crippen LogP contribution in [0.15, 0.2) is 0 Å². The molecule has 2 heteroatoms. The fraction of sp³-hybridized carbons (Fsp3) is 1.00. The molecule has 0 aliphatic heterocycles. The van der Waals surface area contributed by atoms with Crippen LogP contribution in [0.25, 0.3) is 0 Å². The number of hydrogen-bond donors (Lipinski definition) is 0. The Morgan fingerprint density at radius 3 is 2.60 bits per heavy atom. The largest absolute Gasteiger partial charge is 1.00 e. The van der Waals surface area contributed by atoms with Gasteiger partial charge in [-0.15, -0.1) is 0 Å². The summed E-state index contributed by atoms with van der Waals surface area (Å²) >= 11 is 2.73. The molecule has 0 saturated heterocycles. The second kappa shape index (κ2) is 7.60. The van der Waals surface area contributed by atoms with Gasteiger partial charge < -0.3 is 2.85 Å². The Morgan fingerprint density at radius 1 is 1.40 bits per heavy atom. The predicted molar refractivity (Wildman–Crippen MR) is 47.5 cm³/mol. The molecule has 0 aromatic carbocycles. The minimum absolute atomic E-state index is 0. The molecule has 1 unspecified atom stereocenters. The predicted octanol–water partition coefficient (Wildman–Crippen LogP) is 2.32. The van der Waals surface area contributed by atoms with Crippen molar-refractivity contribution < 1.29 is 7.59 Å². The SMILES string of the molecule is CCCCC[CH]([Al+2])OCC.[H-].[H-]. The maximum absolute atomic E-state index is 5.35. The number of ether oxygens (including phenoxy) is 1. The van der Waals surface area contributed by atoms with Crippen LogP contribution >= 0.6 is 0 Å². The molecule has 0 aliphatic rings. The minimum Gasteiger partial charge on any atom is -1.00 e. The molecule has 1 nitrogen and oxygen atoms in total. The molecule has 0 spiro atoms. The van der Waals surface area contributed by atoms with Gasteiger partial charge in [0, 0.05) is 0 Å². The molecule has 1 atom stereocenters. The summed E-state index contributed by atoms with van der Waals surface area (Å²) in [4.78, 5) is 0.386. The maximum atomic E-state index is 5.35. The Balaban J connectivity index is -0.000000405. The number of hydrogen-bond acceptors (Lipinski definition) is 1. The van der Waals surface area contributed by atoms with E-state index in [1.54, 1.807) is 0 Å². The smallest absolute Gasteiger partial charge is 1.00 e. The van der Waals surface area contributed by atoms with Crippen LogP contribution in [0.2, 0.25) is 0 Å². The van der Waals surface area contributed by atoms with Crippen LogP contribution in [-0.2, 0) is 4.74 Å². The van der Waals surface area contributed by atoms with E-state index in [4.69, 9.17) is 4.74 Å². The molecule has 10 heavy (non-hydrogen) atoms. The van der Waals surface area contributed by atoms with Crippen LogP contribution in [0.3, 0.4) is 0 Å². The van der Waals surface area contributed by atoms with Crippen molar-refractivity contribution in [3.05, 3.63) is 0 Å². The van der Waals surface area contributed by atoms with Crippen LogP contribution in [0.1, 0.15) is 42.4 Å². The molecule has 0 amide bonds. The molecule has 0 aromatic heterocycles. The molecule has 0 bridgehead atoms. The van der Waals surface area contributed by atoms with Crippen LogP contribution < -0.4 is 0 Å². The van der Waals surface area contributed by atoms with Gasteiger partial charge in [0.15, 0.2) is 0 Å². The second-order valence-corrected chi connectivity index (χ2v) is 3.23. The van der Waals surface area contributed by atoms with Gasteiger partial charge in [-0.1, -0.05) is 0 Å². The normalized spacial score (nSPS) is 13.6. The average molecular weight is 158 g/mol. The average Bonchev–Trinajstić information content (AvgIpc) is 1.89. The van der Waals surface area contributed by atoms with E-state index in [9.17, 15) is 0 Å². The fourth-order valence-electron chi connectivity index (χ4n) is 0.893. The Kier molecular flexibility index (Phi) is 7.97. The van der Waals surface area contributed by atoms with Crippen molar-refractivity contribution in [2.45, 2.75) is 44.5 Å². The van der Waals surface area contributed by atoms with Gasteiger partial charge in [0.05, 0.1) is 0 Å². The monoisotopic (exact) mass is 158 g/mol. The van der Waals surface area contributed by atoms with Gasteiger partial charge in [0.2, 0.25) is 0 Å². The standard InChI is InChI=1S/C8H17O.Al.2H/c1-3-5-6-7-8-9-4-2;;;/h8H,3-7H2,1-2H3;;;/q;+2;2*-1. The quantitative estimate of drug-likeness (QED) is 0.426. The van der Waals surface area contributed by atoms with Crippen LogP contribution in [0.5, 0.6) is 0 Å². The summed E-state index contributed by atoms with van der Waals surface area (Å²) in [5, 5.41) is 0. The van der Waals surface area contributed by atoms with Crippen molar-refractivity contribution in [3.63, 3.8) is 0 Å². The van der Waals surface area contributed by atoms with E-state index in [0.717, 1.165) is 6.61 Å². The zero-order chi connectivity index (χ0) is 7.82.